The summed E-state index contributed by atoms with van der Waals surface area (Å²) in [6, 6.07) is 5.17. The van der Waals surface area contributed by atoms with Crippen molar-refractivity contribution in [1.29, 1.82) is 0 Å². The number of furan rings is 1. The number of carbonyl (C=O) groups is 2. The van der Waals surface area contributed by atoms with Crippen molar-refractivity contribution in [2.45, 2.75) is 6.92 Å². The van der Waals surface area contributed by atoms with Crippen LogP contribution in [0, 0.1) is 6.92 Å². The van der Waals surface area contributed by atoms with E-state index in [0.29, 0.717) is 56.5 Å². The number of carbonyl (C=O) groups excluding carboxylic acids is 2. The fourth-order valence-corrected chi connectivity index (χ4v) is 3.69. The highest BCUT2D eigenvalue weighted by atomic mass is 16.3. The van der Waals surface area contributed by atoms with Gasteiger partial charge in [0.2, 0.25) is 0 Å². The third-order valence-corrected chi connectivity index (χ3v) is 5.46. The van der Waals surface area contributed by atoms with Gasteiger partial charge in [-0.25, -0.2) is 9.97 Å². The fraction of sp³-hybridized carbons (Fsp3) is 0.500. The van der Waals surface area contributed by atoms with E-state index in [-0.39, 0.29) is 11.8 Å². The molecule has 0 bridgehead atoms. The Kier molecular flexibility index (Phi) is 5.48. The number of nitrogens with zero attached hydrogens (tertiary/aromatic N) is 6. The molecule has 2 saturated heterocycles. The Bertz CT molecular complexity index is 868. The SMILES string of the molecule is Cc1nc(C(=O)N2CCN(C)CC2)cc(N2CCN(C(=O)c3ccco3)CC2)n1. The molecule has 154 valence electrons. The summed E-state index contributed by atoms with van der Waals surface area (Å²) in [5.74, 6) is 1.53. The van der Waals surface area contributed by atoms with Gasteiger partial charge in [-0.05, 0) is 26.1 Å². The average molecular weight is 398 g/mol. The van der Waals surface area contributed by atoms with Crippen LogP contribution in [0.3, 0.4) is 0 Å². The number of aryl methyl sites for hydroxylation is 1. The van der Waals surface area contributed by atoms with E-state index in [9.17, 15) is 9.59 Å². The van der Waals surface area contributed by atoms with E-state index in [4.69, 9.17) is 4.42 Å². The second kappa shape index (κ2) is 8.20. The van der Waals surface area contributed by atoms with Gasteiger partial charge in [0.15, 0.2) is 5.76 Å². The lowest BCUT2D eigenvalue weighted by Crippen LogP contribution is -2.49. The molecule has 4 heterocycles. The van der Waals surface area contributed by atoms with Gasteiger partial charge in [-0.15, -0.1) is 0 Å². The Balaban J connectivity index is 1.43. The molecule has 0 aromatic carbocycles. The van der Waals surface area contributed by atoms with Crippen molar-refractivity contribution >= 4 is 17.6 Å². The molecule has 29 heavy (non-hydrogen) atoms. The van der Waals surface area contributed by atoms with Gasteiger partial charge in [0.25, 0.3) is 11.8 Å². The summed E-state index contributed by atoms with van der Waals surface area (Å²) in [5, 5.41) is 0. The molecule has 0 aliphatic carbocycles. The van der Waals surface area contributed by atoms with Crippen molar-refractivity contribution in [3.05, 3.63) is 41.7 Å². The van der Waals surface area contributed by atoms with Crippen molar-refractivity contribution in [2.24, 2.45) is 0 Å². The van der Waals surface area contributed by atoms with E-state index in [1.54, 1.807) is 30.0 Å². The number of hydrogen-bond acceptors (Lipinski definition) is 7. The normalized spacial score (nSPS) is 18.2. The lowest BCUT2D eigenvalue weighted by molar-refractivity contribution is 0.0657. The van der Waals surface area contributed by atoms with Crippen LogP contribution >= 0.6 is 0 Å². The minimum atomic E-state index is -0.0977. The molecule has 2 aliphatic rings. The van der Waals surface area contributed by atoms with Gasteiger partial charge in [0, 0.05) is 58.4 Å². The Morgan fingerprint density at radius 3 is 2.24 bits per heavy atom. The van der Waals surface area contributed by atoms with Crippen LogP contribution < -0.4 is 4.90 Å². The molecule has 2 aliphatic heterocycles. The second-order valence-corrected chi connectivity index (χ2v) is 7.51. The molecule has 4 rings (SSSR count). The first-order valence-corrected chi connectivity index (χ1v) is 9.92. The lowest BCUT2D eigenvalue weighted by atomic mass is 10.2. The molecular formula is C20H26N6O3. The fourth-order valence-electron chi connectivity index (χ4n) is 3.69. The third kappa shape index (κ3) is 4.24. The highest BCUT2D eigenvalue weighted by molar-refractivity contribution is 5.93. The zero-order valence-corrected chi connectivity index (χ0v) is 16.9. The van der Waals surface area contributed by atoms with E-state index in [1.165, 1.54) is 6.26 Å². The maximum Gasteiger partial charge on any atom is 0.289 e. The zero-order chi connectivity index (χ0) is 20.4. The zero-order valence-electron chi connectivity index (χ0n) is 16.9. The van der Waals surface area contributed by atoms with E-state index in [2.05, 4.69) is 26.8 Å². The van der Waals surface area contributed by atoms with E-state index in [1.807, 2.05) is 4.90 Å². The lowest BCUT2D eigenvalue weighted by Gasteiger charge is -2.35. The smallest absolute Gasteiger partial charge is 0.289 e. The van der Waals surface area contributed by atoms with Crippen LogP contribution in [0.2, 0.25) is 0 Å². The maximum absolute atomic E-state index is 12.9. The quantitative estimate of drug-likeness (QED) is 0.753. The summed E-state index contributed by atoms with van der Waals surface area (Å²) in [7, 11) is 2.06. The Morgan fingerprint density at radius 2 is 1.59 bits per heavy atom. The molecule has 9 heteroatoms. The van der Waals surface area contributed by atoms with Crippen LogP contribution in [0.25, 0.3) is 0 Å². The number of likely N-dealkylation sites (N-methyl/N-ethyl adjacent to an activating group) is 1. The standard InChI is InChI=1S/C20H26N6O3/c1-15-21-16(19(27)25-7-5-23(2)6-8-25)14-18(22-15)24-9-11-26(12-10-24)20(28)17-4-3-13-29-17/h3-4,13-14H,5-12H2,1-2H3. The molecule has 2 aromatic heterocycles. The summed E-state index contributed by atoms with van der Waals surface area (Å²) < 4.78 is 5.21. The van der Waals surface area contributed by atoms with E-state index in [0.717, 1.165) is 18.9 Å². The molecule has 9 nitrogen and oxygen atoms in total. The molecule has 0 atom stereocenters. The molecule has 0 unspecified atom stereocenters. The molecular weight excluding hydrogens is 372 g/mol. The molecule has 0 saturated carbocycles. The number of anilines is 1. The minimum Gasteiger partial charge on any atom is -0.459 e. The third-order valence-electron chi connectivity index (χ3n) is 5.46. The van der Waals surface area contributed by atoms with Gasteiger partial charge in [-0.2, -0.15) is 0 Å². The average Bonchev–Trinajstić information content (AvgIpc) is 3.28. The van der Waals surface area contributed by atoms with Crippen LogP contribution in [-0.2, 0) is 0 Å². The molecule has 0 N–H and O–H groups in total. The molecule has 0 spiro atoms. The van der Waals surface area contributed by atoms with Crippen LogP contribution in [0.5, 0.6) is 0 Å². The summed E-state index contributed by atoms with van der Waals surface area (Å²) >= 11 is 0. The number of rotatable bonds is 3. The highest BCUT2D eigenvalue weighted by Crippen LogP contribution is 2.18. The monoisotopic (exact) mass is 398 g/mol. The van der Waals surface area contributed by atoms with Crippen LogP contribution in [0.15, 0.2) is 28.9 Å². The van der Waals surface area contributed by atoms with Gasteiger partial charge in [0.05, 0.1) is 6.26 Å². The predicted molar refractivity (Wildman–Crippen MR) is 107 cm³/mol. The Hall–Kier alpha value is -2.94. The Morgan fingerprint density at radius 1 is 0.931 bits per heavy atom. The predicted octanol–water partition coefficient (Wildman–Crippen LogP) is 0.728. The first kappa shape index (κ1) is 19.4. The summed E-state index contributed by atoms with van der Waals surface area (Å²) in [6.07, 6.45) is 1.51. The summed E-state index contributed by atoms with van der Waals surface area (Å²) in [6.45, 7) is 7.40. The van der Waals surface area contributed by atoms with E-state index < -0.39 is 0 Å². The van der Waals surface area contributed by atoms with Crippen molar-refractivity contribution in [2.75, 3.05) is 64.3 Å². The van der Waals surface area contributed by atoms with Crippen LogP contribution in [0.4, 0.5) is 5.82 Å². The molecule has 2 aromatic rings. The van der Waals surface area contributed by atoms with Crippen LogP contribution in [-0.4, -0.2) is 95.9 Å². The molecule has 0 radical (unpaired) electrons. The van der Waals surface area contributed by atoms with Crippen LogP contribution in [0.1, 0.15) is 26.9 Å². The highest BCUT2D eigenvalue weighted by Gasteiger charge is 2.26. The van der Waals surface area contributed by atoms with E-state index >= 15 is 0 Å². The van der Waals surface area contributed by atoms with Gasteiger partial charge in [0.1, 0.15) is 17.3 Å². The van der Waals surface area contributed by atoms with Gasteiger partial charge in [-0.3, -0.25) is 9.59 Å². The Labute approximate surface area is 169 Å². The van der Waals surface area contributed by atoms with Crippen molar-refractivity contribution in [1.82, 2.24) is 24.7 Å². The van der Waals surface area contributed by atoms with Crippen molar-refractivity contribution < 1.29 is 14.0 Å². The molecule has 2 fully saturated rings. The number of hydrogen-bond donors (Lipinski definition) is 0. The minimum absolute atomic E-state index is 0.0449. The topological polar surface area (TPSA) is 86.0 Å². The maximum atomic E-state index is 12.9. The number of amides is 2. The first-order chi connectivity index (χ1) is 14.0. The van der Waals surface area contributed by atoms with Crippen molar-refractivity contribution in [3.63, 3.8) is 0 Å². The van der Waals surface area contributed by atoms with Gasteiger partial charge < -0.3 is 24.0 Å². The van der Waals surface area contributed by atoms with Gasteiger partial charge in [-0.1, -0.05) is 0 Å². The van der Waals surface area contributed by atoms with Crippen molar-refractivity contribution in [3.8, 4) is 0 Å². The summed E-state index contributed by atoms with van der Waals surface area (Å²) in [4.78, 5) is 42.2. The second-order valence-electron chi connectivity index (χ2n) is 7.51. The van der Waals surface area contributed by atoms with Gasteiger partial charge >= 0.3 is 0 Å². The number of aromatic nitrogens is 2. The number of piperazine rings is 2. The summed E-state index contributed by atoms with van der Waals surface area (Å²) in [5.41, 5.74) is 0.436. The largest absolute Gasteiger partial charge is 0.459 e. The first-order valence-electron chi connectivity index (χ1n) is 9.92. The molecule has 2 amide bonds.